The van der Waals surface area contributed by atoms with E-state index >= 15 is 0 Å². The standard InChI is InChI=1S/C12H14N4O2/c1-12(2,13)11-14-7-9(15-11)8-5-3-4-6-10(8)16(17)18/h3-7H,13H2,1-2H3,(H,14,15). The molecule has 0 aliphatic heterocycles. The zero-order valence-corrected chi connectivity index (χ0v) is 10.2. The lowest BCUT2D eigenvalue weighted by Crippen LogP contribution is -2.30. The van der Waals surface area contributed by atoms with Crippen LogP contribution in [0.1, 0.15) is 19.7 Å². The molecule has 6 heteroatoms. The average Bonchev–Trinajstić information content (AvgIpc) is 2.77. The Morgan fingerprint density at radius 2 is 2.06 bits per heavy atom. The minimum absolute atomic E-state index is 0.0440. The first-order valence-corrected chi connectivity index (χ1v) is 5.48. The molecule has 0 atom stereocenters. The fourth-order valence-electron chi connectivity index (χ4n) is 1.65. The monoisotopic (exact) mass is 246 g/mol. The lowest BCUT2D eigenvalue weighted by atomic mass is 10.1. The molecule has 6 nitrogen and oxygen atoms in total. The molecule has 18 heavy (non-hydrogen) atoms. The van der Waals surface area contributed by atoms with Gasteiger partial charge in [-0.15, -0.1) is 0 Å². The molecule has 2 aromatic rings. The lowest BCUT2D eigenvalue weighted by molar-refractivity contribution is -0.384. The van der Waals surface area contributed by atoms with Crippen LogP contribution in [-0.4, -0.2) is 14.9 Å². The first-order valence-electron chi connectivity index (χ1n) is 5.48. The van der Waals surface area contributed by atoms with Gasteiger partial charge < -0.3 is 10.7 Å². The Hall–Kier alpha value is -2.21. The number of aromatic nitrogens is 2. The van der Waals surface area contributed by atoms with Crippen LogP contribution in [0.2, 0.25) is 0 Å². The second kappa shape index (κ2) is 4.23. The lowest BCUT2D eigenvalue weighted by Gasteiger charge is -2.14. The highest BCUT2D eigenvalue weighted by Crippen LogP contribution is 2.29. The third-order valence-corrected chi connectivity index (χ3v) is 2.58. The van der Waals surface area contributed by atoms with E-state index in [-0.39, 0.29) is 5.69 Å². The summed E-state index contributed by atoms with van der Waals surface area (Å²) in [7, 11) is 0. The summed E-state index contributed by atoms with van der Waals surface area (Å²) in [6.07, 6.45) is 1.56. The van der Waals surface area contributed by atoms with E-state index in [0.717, 1.165) is 0 Å². The molecule has 0 saturated carbocycles. The number of rotatable bonds is 3. The summed E-state index contributed by atoms with van der Waals surface area (Å²) in [6.45, 7) is 3.63. The predicted molar refractivity (Wildman–Crippen MR) is 67.9 cm³/mol. The minimum Gasteiger partial charge on any atom is -0.340 e. The van der Waals surface area contributed by atoms with Gasteiger partial charge in [0.25, 0.3) is 5.69 Å². The number of nitro groups is 1. The van der Waals surface area contributed by atoms with Crippen LogP contribution in [-0.2, 0) is 5.54 Å². The number of nitrogens with two attached hydrogens (primary N) is 1. The third-order valence-electron chi connectivity index (χ3n) is 2.58. The van der Waals surface area contributed by atoms with Crippen molar-refractivity contribution >= 4 is 5.69 Å². The van der Waals surface area contributed by atoms with Crippen LogP contribution in [0, 0.1) is 10.1 Å². The van der Waals surface area contributed by atoms with E-state index in [9.17, 15) is 10.1 Å². The number of aromatic amines is 1. The molecule has 2 rings (SSSR count). The maximum atomic E-state index is 10.9. The second-order valence-corrected chi connectivity index (χ2v) is 4.64. The van der Waals surface area contributed by atoms with Crippen molar-refractivity contribution < 1.29 is 4.92 Å². The minimum atomic E-state index is -0.609. The van der Waals surface area contributed by atoms with Crippen molar-refractivity contribution in [2.45, 2.75) is 19.4 Å². The van der Waals surface area contributed by atoms with Gasteiger partial charge in [-0.3, -0.25) is 10.1 Å². The summed E-state index contributed by atoms with van der Waals surface area (Å²) in [5, 5.41) is 10.9. The largest absolute Gasteiger partial charge is 0.340 e. The zero-order chi connectivity index (χ0) is 13.3. The van der Waals surface area contributed by atoms with Gasteiger partial charge >= 0.3 is 0 Å². The van der Waals surface area contributed by atoms with Crippen LogP contribution in [0.5, 0.6) is 0 Å². The van der Waals surface area contributed by atoms with Gasteiger partial charge in [0, 0.05) is 6.07 Å². The fourth-order valence-corrected chi connectivity index (χ4v) is 1.65. The Kier molecular flexibility index (Phi) is 2.88. The zero-order valence-electron chi connectivity index (χ0n) is 10.2. The first kappa shape index (κ1) is 12.3. The molecule has 0 aliphatic carbocycles. The summed E-state index contributed by atoms with van der Waals surface area (Å²) < 4.78 is 0. The molecule has 0 bridgehead atoms. The van der Waals surface area contributed by atoms with E-state index in [2.05, 4.69) is 9.97 Å². The van der Waals surface area contributed by atoms with E-state index in [1.807, 2.05) is 13.8 Å². The van der Waals surface area contributed by atoms with Crippen LogP contribution in [0.25, 0.3) is 11.3 Å². The molecule has 0 unspecified atom stereocenters. The predicted octanol–water partition coefficient (Wildman–Crippen LogP) is 2.18. The number of nitrogens with one attached hydrogen (secondary N) is 1. The normalized spacial score (nSPS) is 11.5. The van der Waals surface area contributed by atoms with E-state index in [4.69, 9.17) is 5.73 Å². The maximum Gasteiger partial charge on any atom is 0.278 e. The van der Waals surface area contributed by atoms with Gasteiger partial charge in [-0.25, -0.2) is 4.98 Å². The highest BCUT2D eigenvalue weighted by Gasteiger charge is 2.21. The van der Waals surface area contributed by atoms with Crippen LogP contribution in [0.3, 0.4) is 0 Å². The van der Waals surface area contributed by atoms with Gasteiger partial charge in [0.05, 0.1) is 27.9 Å². The van der Waals surface area contributed by atoms with Gasteiger partial charge in [0.1, 0.15) is 5.82 Å². The maximum absolute atomic E-state index is 10.9. The van der Waals surface area contributed by atoms with Crippen LogP contribution in [0.15, 0.2) is 30.5 Å². The summed E-state index contributed by atoms with van der Waals surface area (Å²) in [5.41, 5.74) is 6.45. The van der Waals surface area contributed by atoms with Crippen molar-refractivity contribution in [1.82, 2.24) is 9.97 Å². The first-order chi connectivity index (χ1) is 8.39. The van der Waals surface area contributed by atoms with Gasteiger partial charge in [0.15, 0.2) is 0 Å². The topological polar surface area (TPSA) is 97.8 Å². The molecule has 1 aromatic carbocycles. The summed E-state index contributed by atoms with van der Waals surface area (Å²) in [5.74, 6) is 0.593. The van der Waals surface area contributed by atoms with E-state index in [1.54, 1.807) is 24.4 Å². The van der Waals surface area contributed by atoms with E-state index in [0.29, 0.717) is 17.1 Å². The van der Waals surface area contributed by atoms with Crippen molar-refractivity contribution in [2.24, 2.45) is 5.73 Å². The second-order valence-electron chi connectivity index (χ2n) is 4.64. The quantitative estimate of drug-likeness (QED) is 0.640. The fraction of sp³-hybridized carbons (Fsp3) is 0.250. The number of hydrogen-bond donors (Lipinski definition) is 2. The van der Waals surface area contributed by atoms with Crippen molar-refractivity contribution in [1.29, 1.82) is 0 Å². The molecule has 1 heterocycles. The van der Waals surface area contributed by atoms with Gasteiger partial charge in [0.2, 0.25) is 0 Å². The van der Waals surface area contributed by atoms with Crippen molar-refractivity contribution in [2.75, 3.05) is 0 Å². The summed E-state index contributed by atoms with van der Waals surface area (Å²) in [4.78, 5) is 17.7. The number of hydrogen-bond acceptors (Lipinski definition) is 4. The van der Waals surface area contributed by atoms with E-state index in [1.165, 1.54) is 6.07 Å². The third kappa shape index (κ3) is 2.23. The Morgan fingerprint density at radius 1 is 1.39 bits per heavy atom. The Balaban J connectivity index is 2.50. The number of H-pyrrole nitrogens is 1. The molecular formula is C12H14N4O2. The van der Waals surface area contributed by atoms with Gasteiger partial charge in [-0.1, -0.05) is 12.1 Å². The Bertz CT molecular complexity index is 584. The number of imidazole rings is 1. The molecule has 0 spiro atoms. The molecule has 3 N–H and O–H groups in total. The van der Waals surface area contributed by atoms with E-state index < -0.39 is 10.5 Å². The highest BCUT2D eigenvalue weighted by molar-refractivity contribution is 5.70. The molecule has 0 saturated heterocycles. The summed E-state index contributed by atoms with van der Waals surface area (Å²) >= 11 is 0. The molecule has 1 aromatic heterocycles. The Labute approximate surface area is 104 Å². The molecule has 94 valence electrons. The SMILES string of the molecule is CC(C)(N)c1ncc(-c2ccccc2[N+](=O)[O-])[nH]1. The number of para-hydroxylation sites is 1. The average molecular weight is 246 g/mol. The van der Waals surface area contributed by atoms with Crippen molar-refractivity contribution in [3.05, 3.63) is 46.4 Å². The molecule has 0 fully saturated rings. The molecule has 0 amide bonds. The molecule has 0 radical (unpaired) electrons. The summed E-state index contributed by atoms with van der Waals surface area (Å²) in [6, 6.07) is 6.52. The number of nitro benzene ring substituents is 1. The molecular weight excluding hydrogens is 232 g/mol. The highest BCUT2D eigenvalue weighted by atomic mass is 16.6. The van der Waals surface area contributed by atoms with Gasteiger partial charge in [-0.2, -0.15) is 0 Å². The number of benzene rings is 1. The van der Waals surface area contributed by atoms with Crippen LogP contribution < -0.4 is 5.73 Å². The Morgan fingerprint density at radius 3 is 2.61 bits per heavy atom. The van der Waals surface area contributed by atoms with Crippen LogP contribution in [0.4, 0.5) is 5.69 Å². The van der Waals surface area contributed by atoms with Crippen molar-refractivity contribution in [3.63, 3.8) is 0 Å². The van der Waals surface area contributed by atoms with Crippen LogP contribution >= 0.6 is 0 Å². The smallest absolute Gasteiger partial charge is 0.278 e. The van der Waals surface area contributed by atoms with Crippen molar-refractivity contribution in [3.8, 4) is 11.3 Å². The molecule has 0 aliphatic rings. The van der Waals surface area contributed by atoms with Gasteiger partial charge in [-0.05, 0) is 19.9 Å². The number of nitrogens with zero attached hydrogens (tertiary/aromatic N) is 2.